The minimum atomic E-state index is -0.674. The van der Waals surface area contributed by atoms with E-state index < -0.39 is 12.1 Å². The number of carbonyl (C=O) groups is 2. The first-order valence-corrected chi connectivity index (χ1v) is 11.2. The molecule has 2 rings (SSSR count). The lowest BCUT2D eigenvalue weighted by molar-refractivity contribution is -0.140. The summed E-state index contributed by atoms with van der Waals surface area (Å²) >= 11 is 0. The van der Waals surface area contributed by atoms with Crippen molar-refractivity contribution in [2.24, 2.45) is 11.5 Å². The molecule has 2 aromatic carbocycles. The first-order chi connectivity index (χ1) is 15.4. The van der Waals surface area contributed by atoms with Crippen LogP contribution in [0.15, 0.2) is 54.6 Å². The molecule has 0 aliphatic rings. The van der Waals surface area contributed by atoms with Gasteiger partial charge in [-0.1, -0.05) is 42.5 Å². The molecule has 0 bridgehead atoms. The van der Waals surface area contributed by atoms with Gasteiger partial charge < -0.3 is 21.7 Å². The molecule has 32 heavy (non-hydrogen) atoms. The molecule has 2 atom stereocenters. The molecule has 0 aromatic heterocycles. The fourth-order valence-corrected chi connectivity index (χ4v) is 3.59. The number of hydrogen-bond acceptors (Lipinski definition) is 4. The summed E-state index contributed by atoms with van der Waals surface area (Å²) in [5, 5.41) is 2.92. The van der Waals surface area contributed by atoms with Crippen molar-refractivity contribution >= 4 is 11.8 Å². The second kappa shape index (κ2) is 13.6. The molecular formula is C25H35FN4O2. The Balaban J connectivity index is 1.85. The van der Waals surface area contributed by atoms with Gasteiger partial charge in [-0.2, -0.15) is 0 Å². The molecule has 2 amide bonds. The van der Waals surface area contributed by atoms with Crippen molar-refractivity contribution in [1.82, 2.24) is 10.2 Å². The van der Waals surface area contributed by atoms with E-state index in [0.717, 1.165) is 24.0 Å². The van der Waals surface area contributed by atoms with Gasteiger partial charge in [0.05, 0.1) is 6.04 Å². The molecule has 0 fully saturated rings. The van der Waals surface area contributed by atoms with Gasteiger partial charge in [-0.15, -0.1) is 0 Å². The molecule has 0 saturated carbocycles. The molecule has 7 heteroatoms. The van der Waals surface area contributed by atoms with Crippen molar-refractivity contribution < 1.29 is 14.0 Å². The number of nitrogens with two attached hydrogens (primary N) is 2. The van der Waals surface area contributed by atoms with Crippen molar-refractivity contribution in [3.63, 3.8) is 0 Å². The molecule has 0 spiro atoms. The maximum atomic E-state index is 13.0. The van der Waals surface area contributed by atoms with Crippen LogP contribution < -0.4 is 16.8 Å². The lowest BCUT2D eigenvalue weighted by Gasteiger charge is -2.29. The van der Waals surface area contributed by atoms with E-state index in [9.17, 15) is 14.0 Å². The predicted octanol–water partition coefficient (Wildman–Crippen LogP) is 2.40. The number of benzene rings is 2. The average Bonchev–Trinajstić information content (AvgIpc) is 2.81. The van der Waals surface area contributed by atoms with Crippen LogP contribution in [0.4, 0.5) is 4.39 Å². The second-order valence-corrected chi connectivity index (χ2v) is 8.05. The van der Waals surface area contributed by atoms with Gasteiger partial charge in [0, 0.05) is 13.6 Å². The van der Waals surface area contributed by atoms with Crippen molar-refractivity contribution in [3.8, 4) is 0 Å². The van der Waals surface area contributed by atoms with Crippen LogP contribution >= 0.6 is 0 Å². The van der Waals surface area contributed by atoms with Gasteiger partial charge in [-0.3, -0.25) is 9.59 Å². The summed E-state index contributed by atoms with van der Waals surface area (Å²) in [6.45, 7) is 0.911. The summed E-state index contributed by atoms with van der Waals surface area (Å²) in [5.74, 6) is -0.715. The number of carbonyl (C=O) groups excluding carboxylic acids is 2. The summed E-state index contributed by atoms with van der Waals surface area (Å²) in [7, 11) is 1.63. The van der Waals surface area contributed by atoms with E-state index in [0.29, 0.717) is 38.8 Å². The first-order valence-electron chi connectivity index (χ1n) is 11.2. The van der Waals surface area contributed by atoms with E-state index in [-0.39, 0.29) is 17.6 Å². The van der Waals surface area contributed by atoms with Gasteiger partial charge in [0.15, 0.2) is 0 Å². The van der Waals surface area contributed by atoms with E-state index in [1.165, 1.54) is 17.0 Å². The number of aryl methyl sites for hydroxylation is 2. The van der Waals surface area contributed by atoms with Gasteiger partial charge >= 0.3 is 0 Å². The molecule has 174 valence electrons. The van der Waals surface area contributed by atoms with Crippen LogP contribution in [0.1, 0.15) is 36.8 Å². The number of hydrogen-bond donors (Lipinski definition) is 3. The monoisotopic (exact) mass is 442 g/mol. The number of nitrogens with zero attached hydrogens (tertiary/aromatic N) is 1. The van der Waals surface area contributed by atoms with Gasteiger partial charge in [0.2, 0.25) is 11.8 Å². The SMILES string of the molecule is CN(C(=O)[C@@H](N)CCc1ccccc1)[C@@H](CCCN)C(=O)NCCCc1ccc(F)cc1. The Kier molecular flexibility index (Phi) is 10.8. The quantitative estimate of drug-likeness (QED) is 0.415. The second-order valence-electron chi connectivity index (χ2n) is 8.05. The van der Waals surface area contributed by atoms with E-state index in [1.807, 2.05) is 30.3 Å². The van der Waals surface area contributed by atoms with Gasteiger partial charge in [0.1, 0.15) is 11.9 Å². The van der Waals surface area contributed by atoms with Crippen LogP contribution in [0.5, 0.6) is 0 Å². The molecule has 0 aliphatic carbocycles. The highest BCUT2D eigenvalue weighted by molar-refractivity contribution is 5.89. The van der Waals surface area contributed by atoms with Crippen LogP contribution in [-0.2, 0) is 22.4 Å². The molecule has 0 aliphatic heterocycles. The van der Waals surface area contributed by atoms with Crippen LogP contribution in [0.3, 0.4) is 0 Å². The fourth-order valence-electron chi connectivity index (χ4n) is 3.59. The third-order valence-electron chi connectivity index (χ3n) is 5.56. The van der Waals surface area contributed by atoms with Gasteiger partial charge in [0.25, 0.3) is 0 Å². The zero-order valence-electron chi connectivity index (χ0n) is 18.8. The van der Waals surface area contributed by atoms with E-state index in [2.05, 4.69) is 5.32 Å². The number of likely N-dealkylation sites (N-methyl/N-ethyl adjacent to an activating group) is 1. The summed E-state index contributed by atoms with van der Waals surface area (Å²) < 4.78 is 13.0. The van der Waals surface area contributed by atoms with E-state index >= 15 is 0 Å². The summed E-state index contributed by atoms with van der Waals surface area (Å²) in [6.07, 6.45) is 3.77. The van der Waals surface area contributed by atoms with Crippen molar-refractivity contribution in [1.29, 1.82) is 0 Å². The maximum absolute atomic E-state index is 13.0. The Bertz CT molecular complexity index is 830. The lowest BCUT2D eigenvalue weighted by Crippen LogP contribution is -2.52. The van der Waals surface area contributed by atoms with Crippen LogP contribution in [0, 0.1) is 5.82 Å². The molecular weight excluding hydrogens is 407 g/mol. The summed E-state index contributed by atoms with van der Waals surface area (Å²) in [6, 6.07) is 14.9. The van der Waals surface area contributed by atoms with Crippen molar-refractivity contribution in [2.75, 3.05) is 20.1 Å². The Morgan fingerprint density at radius 2 is 1.62 bits per heavy atom. The van der Waals surface area contributed by atoms with E-state index in [1.54, 1.807) is 19.2 Å². The first kappa shape index (κ1) is 25.5. The van der Waals surface area contributed by atoms with Gasteiger partial charge in [-0.25, -0.2) is 4.39 Å². The van der Waals surface area contributed by atoms with Crippen molar-refractivity contribution in [2.45, 2.75) is 50.6 Å². The number of amides is 2. The van der Waals surface area contributed by atoms with Crippen LogP contribution in [-0.4, -0.2) is 48.9 Å². The number of rotatable bonds is 13. The smallest absolute Gasteiger partial charge is 0.242 e. The number of halogens is 1. The fraction of sp³-hybridized carbons (Fsp3) is 0.440. The zero-order valence-corrected chi connectivity index (χ0v) is 18.8. The molecule has 2 aromatic rings. The minimum Gasteiger partial charge on any atom is -0.354 e. The highest BCUT2D eigenvalue weighted by atomic mass is 19.1. The zero-order chi connectivity index (χ0) is 23.3. The molecule has 0 unspecified atom stereocenters. The van der Waals surface area contributed by atoms with Crippen LogP contribution in [0.25, 0.3) is 0 Å². The minimum absolute atomic E-state index is 0.205. The third kappa shape index (κ3) is 8.40. The van der Waals surface area contributed by atoms with Crippen molar-refractivity contribution in [3.05, 3.63) is 71.5 Å². The number of nitrogens with one attached hydrogen (secondary N) is 1. The van der Waals surface area contributed by atoms with Crippen LogP contribution in [0.2, 0.25) is 0 Å². The highest BCUT2D eigenvalue weighted by Gasteiger charge is 2.29. The summed E-state index contributed by atoms with van der Waals surface area (Å²) in [5.41, 5.74) is 13.9. The maximum Gasteiger partial charge on any atom is 0.242 e. The Morgan fingerprint density at radius 1 is 0.969 bits per heavy atom. The Hall–Kier alpha value is -2.77. The Labute approximate surface area is 190 Å². The lowest BCUT2D eigenvalue weighted by atomic mass is 10.0. The highest BCUT2D eigenvalue weighted by Crippen LogP contribution is 2.11. The Morgan fingerprint density at radius 3 is 2.28 bits per heavy atom. The summed E-state index contributed by atoms with van der Waals surface area (Å²) in [4.78, 5) is 27.2. The molecule has 6 nitrogen and oxygen atoms in total. The molecule has 5 N–H and O–H groups in total. The predicted molar refractivity (Wildman–Crippen MR) is 125 cm³/mol. The average molecular weight is 443 g/mol. The largest absolute Gasteiger partial charge is 0.354 e. The molecule has 0 saturated heterocycles. The van der Waals surface area contributed by atoms with Gasteiger partial charge in [-0.05, 0) is 68.3 Å². The molecule has 0 heterocycles. The standard InChI is InChI=1S/C25H35FN4O2/c1-30(25(32)22(28)16-13-19-7-3-2-4-8-19)23(10-5-17-27)24(31)29-18-6-9-20-11-14-21(26)15-12-20/h2-4,7-8,11-12,14-15,22-23H,5-6,9-10,13,16-18,27-28H2,1H3,(H,29,31)/t22-,23-/m0/s1. The van der Waals surface area contributed by atoms with E-state index in [4.69, 9.17) is 11.5 Å². The third-order valence-corrected chi connectivity index (χ3v) is 5.56. The normalized spacial score (nSPS) is 12.8. The topological polar surface area (TPSA) is 101 Å². The molecule has 0 radical (unpaired) electrons.